The molecule has 0 aliphatic heterocycles. The Kier molecular flexibility index (Phi) is 14.9. The van der Waals surface area contributed by atoms with E-state index in [1.54, 1.807) is 0 Å². The molecular weight excluding hydrogens is 120 g/mol. The summed E-state index contributed by atoms with van der Waals surface area (Å²) in [4.78, 5) is 0. The molecule has 0 atom stereocenters. The minimum Gasteiger partial charge on any atom is -0.0776 e. The summed E-state index contributed by atoms with van der Waals surface area (Å²) in [6.45, 7) is 2.30. The number of hydrogen-bond donors (Lipinski definition) is 0. The Labute approximate surface area is 68.0 Å². The first-order valence-electron chi connectivity index (χ1n) is 3.43. The number of rotatable bonds is 1. The van der Waals surface area contributed by atoms with Gasteiger partial charge in [0.15, 0.2) is 0 Å². The molecule has 10 heavy (non-hydrogen) atoms. The highest BCUT2D eigenvalue weighted by molar-refractivity contribution is 4.64. The second kappa shape index (κ2) is 9.00. The Morgan fingerprint density at radius 3 is 1.60 bits per heavy atom. The molecular formula is C10H26. The molecule has 0 spiro atoms. The fourth-order valence-corrected chi connectivity index (χ4v) is 1.42. The van der Waals surface area contributed by atoms with Gasteiger partial charge in [0.05, 0.1) is 0 Å². The topological polar surface area (TPSA) is 0 Å². The summed E-state index contributed by atoms with van der Waals surface area (Å²) in [5.41, 5.74) is 0. The first-order valence-corrected chi connectivity index (χ1v) is 3.43. The molecule has 0 N–H and O–H groups in total. The fraction of sp³-hybridized carbons (Fsp3) is 1.00. The third-order valence-corrected chi connectivity index (χ3v) is 2.05. The molecule has 1 saturated carbocycles. The Balaban J connectivity index is -0.000000163. The van der Waals surface area contributed by atoms with Crippen molar-refractivity contribution < 1.29 is 0 Å². The average molecular weight is 146 g/mol. The predicted octanol–water partition coefficient (Wildman–Crippen LogP) is 4.49. The lowest BCUT2D eigenvalue weighted by molar-refractivity contribution is 0.531. The third kappa shape index (κ3) is 4.84. The largest absolute Gasteiger partial charge is 0.0776 e. The van der Waals surface area contributed by atoms with E-state index in [4.69, 9.17) is 0 Å². The highest BCUT2D eigenvalue weighted by atomic mass is 14.2. The van der Waals surface area contributed by atoms with E-state index in [0.29, 0.717) is 0 Å². The first kappa shape index (κ1) is 16.5. The molecule has 1 aliphatic carbocycles. The van der Waals surface area contributed by atoms with E-state index in [0.717, 1.165) is 5.92 Å². The van der Waals surface area contributed by atoms with Crippen LogP contribution in [0.3, 0.4) is 0 Å². The molecule has 0 aromatic heterocycles. The van der Waals surface area contributed by atoms with Crippen LogP contribution in [0.25, 0.3) is 0 Å². The van der Waals surface area contributed by atoms with Crippen LogP contribution in [0.1, 0.15) is 61.3 Å². The van der Waals surface area contributed by atoms with E-state index in [1.807, 2.05) is 0 Å². The quantitative estimate of drug-likeness (QED) is 0.511. The van der Waals surface area contributed by atoms with E-state index in [1.165, 1.54) is 32.1 Å². The molecule has 0 aromatic rings. The zero-order chi connectivity index (χ0) is 5.11. The summed E-state index contributed by atoms with van der Waals surface area (Å²) in [5, 5.41) is 0. The van der Waals surface area contributed by atoms with Crippen molar-refractivity contribution in [3.05, 3.63) is 0 Å². The molecule has 1 fully saturated rings. The van der Waals surface area contributed by atoms with Gasteiger partial charge in [-0.3, -0.25) is 0 Å². The summed E-state index contributed by atoms with van der Waals surface area (Å²) in [6, 6.07) is 0. The maximum atomic E-state index is 2.30. The van der Waals surface area contributed by atoms with Gasteiger partial charge >= 0.3 is 0 Å². The second-order valence-electron chi connectivity index (χ2n) is 2.56. The van der Waals surface area contributed by atoms with Crippen molar-refractivity contribution in [2.24, 2.45) is 5.92 Å². The third-order valence-electron chi connectivity index (χ3n) is 2.05. The van der Waals surface area contributed by atoms with Crippen LogP contribution in [0.4, 0.5) is 0 Å². The van der Waals surface area contributed by atoms with Gasteiger partial charge in [-0.1, -0.05) is 61.3 Å². The molecule has 0 unspecified atom stereocenters. The zero-order valence-electron chi connectivity index (χ0n) is 5.11. The van der Waals surface area contributed by atoms with E-state index in [9.17, 15) is 0 Å². The summed E-state index contributed by atoms with van der Waals surface area (Å²) >= 11 is 0. The van der Waals surface area contributed by atoms with Gasteiger partial charge in [-0.15, -0.1) is 0 Å². The maximum Gasteiger partial charge on any atom is -0.0417 e. The molecule has 0 heteroatoms. The highest BCUT2D eigenvalue weighted by Crippen LogP contribution is 2.26. The molecule has 0 saturated heterocycles. The van der Waals surface area contributed by atoms with Gasteiger partial charge in [0.25, 0.3) is 0 Å². The average Bonchev–Trinajstić information content (AvgIpc) is 2.14. The van der Waals surface area contributed by atoms with Gasteiger partial charge in [0.1, 0.15) is 0 Å². The lowest BCUT2D eigenvalue weighted by Crippen LogP contribution is -1.86. The van der Waals surface area contributed by atoms with Crippen LogP contribution in [0, 0.1) is 5.92 Å². The lowest BCUT2D eigenvalue weighted by atomic mass is 10.1. The van der Waals surface area contributed by atoms with Gasteiger partial charge < -0.3 is 0 Å². The molecule has 0 radical (unpaired) electrons. The van der Waals surface area contributed by atoms with E-state index in [2.05, 4.69) is 6.92 Å². The van der Waals surface area contributed by atoms with Crippen LogP contribution in [0.15, 0.2) is 0 Å². The molecule has 1 aliphatic rings. The predicted molar refractivity (Wildman–Crippen MR) is 52.4 cm³/mol. The van der Waals surface area contributed by atoms with Gasteiger partial charge in [-0.2, -0.15) is 0 Å². The Morgan fingerprint density at radius 2 is 1.40 bits per heavy atom. The minimum absolute atomic E-state index is 0. The van der Waals surface area contributed by atoms with E-state index >= 15 is 0 Å². The standard InChI is InChI=1S/C7H14.3CH4/c1-2-7-5-3-4-6-7;;;/h7H,2-6H2,1H3;3*1H4. The summed E-state index contributed by atoms with van der Waals surface area (Å²) in [7, 11) is 0. The van der Waals surface area contributed by atoms with Crippen molar-refractivity contribution in [2.45, 2.75) is 61.3 Å². The normalized spacial score (nSPS) is 16.5. The SMILES string of the molecule is C.C.C.CCC1CCCC1. The lowest BCUT2D eigenvalue weighted by Gasteiger charge is -1.99. The molecule has 1 rings (SSSR count). The maximum absolute atomic E-state index is 2.30. The van der Waals surface area contributed by atoms with Gasteiger partial charge in [0.2, 0.25) is 0 Å². The first-order chi connectivity index (χ1) is 3.43. The minimum atomic E-state index is 0. The summed E-state index contributed by atoms with van der Waals surface area (Å²) < 4.78 is 0. The van der Waals surface area contributed by atoms with Crippen molar-refractivity contribution >= 4 is 0 Å². The second-order valence-corrected chi connectivity index (χ2v) is 2.56. The van der Waals surface area contributed by atoms with Crippen LogP contribution >= 0.6 is 0 Å². The molecule has 0 nitrogen and oxygen atoms in total. The smallest absolute Gasteiger partial charge is 0.0417 e. The van der Waals surface area contributed by atoms with Crippen molar-refractivity contribution in [1.82, 2.24) is 0 Å². The van der Waals surface area contributed by atoms with Crippen molar-refractivity contribution in [3.63, 3.8) is 0 Å². The molecule has 0 aromatic carbocycles. The van der Waals surface area contributed by atoms with Crippen LogP contribution in [-0.4, -0.2) is 0 Å². The van der Waals surface area contributed by atoms with Gasteiger partial charge in [-0.25, -0.2) is 0 Å². The van der Waals surface area contributed by atoms with Gasteiger partial charge in [-0.05, 0) is 5.92 Å². The zero-order valence-corrected chi connectivity index (χ0v) is 5.11. The van der Waals surface area contributed by atoms with Gasteiger partial charge in [0, 0.05) is 0 Å². The van der Waals surface area contributed by atoms with Crippen LogP contribution < -0.4 is 0 Å². The summed E-state index contributed by atoms with van der Waals surface area (Å²) in [5.74, 6) is 1.10. The van der Waals surface area contributed by atoms with Crippen molar-refractivity contribution in [2.75, 3.05) is 0 Å². The molecule has 0 amide bonds. The number of hydrogen-bond acceptors (Lipinski definition) is 0. The van der Waals surface area contributed by atoms with Crippen molar-refractivity contribution in [1.29, 1.82) is 0 Å². The summed E-state index contributed by atoms with van der Waals surface area (Å²) in [6.07, 6.45) is 7.43. The van der Waals surface area contributed by atoms with Crippen LogP contribution in [0.5, 0.6) is 0 Å². The molecule has 66 valence electrons. The fourth-order valence-electron chi connectivity index (χ4n) is 1.42. The van der Waals surface area contributed by atoms with E-state index in [-0.39, 0.29) is 22.3 Å². The van der Waals surface area contributed by atoms with E-state index < -0.39 is 0 Å². The monoisotopic (exact) mass is 146 g/mol. The highest BCUT2D eigenvalue weighted by Gasteiger charge is 2.11. The van der Waals surface area contributed by atoms with Crippen LogP contribution in [0.2, 0.25) is 0 Å². The van der Waals surface area contributed by atoms with Crippen LogP contribution in [-0.2, 0) is 0 Å². The van der Waals surface area contributed by atoms with Crippen molar-refractivity contribution in [3.8, 4) is 0 Å². The Bertz CT molecular complexity index is 42.0. The molecule has 0 bridgehead atoms. The molecule has 0 heterocycles. The Hall–Kier alpha value is 0. The Morgan fingerprint density at radius 1 is 1.00 bits per heavy atom.